The topological polar surface area (TPSA) is 86.8 Å². The normalized spacial score (nSPS) is 12.3. The molecule has 0 aliphatic heterocycles. The fraction of sp³-hybridized carbons (Fsp3) is 0.257. The van der Waals surface area contributed by atoms with E-state index in [1.54, 1.807) is 36.4 Å². The predicted octanol–water partition coefficient (Wildman–Crippen LogP) is 7.16. The third-order valence-electron chi connectivity index (χ3n) is 7.01. The standard InChI is InChI=1S/C35H37BrClN3O4S/c1-25-13-19-31(20-14-25)45(43,44)40(30-17-15-29(37)16-18-30)24-33(41)39(23-27-11-8-12-28(36)21-27)32(34(42)38-35(2,3)4)22-26-9-6-5-7-10-26/h5-21,32H,22-24H2,1-4H3,(H,38,42)/t32-/m0/s1. The van der Waals surface area contributed by atoms with Crippen molar-refractivity contribution in [3.63, 3.8) is 0 Å². The zero-order valence-electron chi connectivity index (χ0n) is 25.7. The Kier molecular flexibility index (Phi) is 11.1. The molecule has 7 nitrogen and oxygen atoms in total. The Morgan fingerprint density at radius 1 is 0.867 bits per heavy atom. The van der Waals surface area contributed by atoms with Gasteiger partial charge in [-0.25, -0.2) is 8.42 Å². The fourth-order valence-electron chi connectivity index (χ4n) is 4.81. The molecule has 1 atom stereocenters. The number of carbonyl (C=O) groups is 2. The number of nitrogens with zero attached hydrogens (tertiary/aromatic N) is 2. The van der Waals surface area contributed by atoms with Crippen molar-refractivity contribution >= 4 is 55.1 Å². The summed E-state index contributed by atoms with van der Waals surface area (Å²) in [6.07, 6.45) is 0.230. The molecule has 10 heteroatoms. The molecular weight excluding hydrogens is 674 g/mol. The largest absolute Gasteiger partial charge is 0.350 e. The van der Waals surface area contributed by atoms with E-state index in [1.165, 1.54) is 17.0 Å². The van der Waals surface area contributed by atoms with Gasteiger partial charge in [-0.05, 0) is 87.4 Å². The quantitative estimate of drug-likeness (QED) is 0.179. The van der Waals surface area contributed by atoms with E-state index in [-0.39, 0.29) is 29.5 Å². The predicted molar refractivity (Wildman–Crippen MR) is 184 cm³/mol. The van der Waals surface area contributed by atoms with Gasteiger partial charge in [0.1, 0.15) is 12.6 Å². The summed E-state index contributed by atoms with van der Waals surface area (Å²) in [5.41, 5.74) is 2.24. The Bertz CT molecular complexity index is 1730. The van der Waals surface area contributed by atoms with Crippen molar-refractivity contribution in [3.05, 3.63) is 129 Å². The second kappa shape index (κ2) is 14.6. The third kappa shape index (κ3) is 9.42. The van der Waals surface area contributed by atoms with Crippen LogP contribution in [0.4, 0.5) is 5.69 Å². The van der Waals surface area contributed by atoms with Crippen LogP contribution in [0.15, 0.2) is 112 Å². The van der Waals surface area contributed by atoms with Gasteiger partial charge in [0.05, 0.1) is 10.6 Å². The number of aryl methyl sites for hydroxylation is 1. The van der Waals surface area contributed by atoms with Crippen LogP contribution in [-0.4, -0.2) is 43.3 Å². The smallest absolute Gasteiger partial charge is 0.264 e. The van der Waals surface area contributed by atoms with Crippen molar-refractivity contribution in [3.8, 4) is 0 Å². The van der Waals surface area contributed by atoms with Crippen LogP contribution in [-0.2, 0) is 32.6 Å². The summed E-state index contributed by atoms with van der Waals surface area (Å²) in [6, 6.07) is 28.7. The fourth-order valence-corrected chi connectivity index (χ4v) is 6.80. The summed E-state index contributed by atoms with van der Waals surface area (Å²) in [5.74, 6) is -0.875. The lowest BCUT2D eigenvalue weighted by Crippen LogP contribution is -2.56. The van der Waals surface area contributed by atoms with Crippen molar-refractivity contribution in [2.24, 2.45) is 0 Å². The number of rotatable bonds is 11. The minimum atomic E-state index is -4.19. The van der Waals surface area contributed by atoms with Crippen molar-refractivity contribution in [1.82, 2.24) is 10.2 Å². The SMILES string of the molecule is Cc1ccc(S(=O)(=O)N(CC(=O)N(Cc2cccc(Br)c2)[C@@H](Cc2ccccc2)C(=O)NC(C)(C)C)c2ccc(Cl)cc2)cc1. The Morgan fingerprint density at radius 3 is 2.09 bits per heavy atom. The highest BCUT2D eigenvalue weighted by atomic mass is 79.9. The maximum atomic E-state index is 14.5. The van der Waals surface area contributed by atoms with Gasteiger partial charge in [0.2, 0.25) is 11.8 Å². The van der Waals surface area contributed by atoms with E-state index in [9.17, 15) is 18.0 Å². The van der Waals surface area contributed by atoms with Crippen LogP contribution in [0.2, 0.25) is 5.02 Å². The van der Waals surface area contributed by atoms with Gasteiger partial charge in [-0.2, -0.15) is 0 Å². The molecule has 0 aromatic heterocycles. The van der Waals surface area contributed by atoms with Crippen LogP contribution in [0.1, 0.15) is 37.5 Å². The van der Waals surface area contributed by atoms with Gasteiger partial charge in [0.15, 0.2) is 0 Å². The first-order chi connectivity index (χ1) is 21.2. The number of anilines is 1. The van der Waals surface area contributed by atoms with E-state index in [4.69, 9.17) is 11.6 Å². The van der Waals surface area contributed by atoms with E-state index >= 15 is 0 Å². The molecule has 0 radical (unpaired) electrons. The van der Waals surface area contributed by atoms with Crippen LogP contribution in [0.3, 0.4) is 0 Å². The molecular formula is C35H37BrClN3O4S. The molecule has 0 spiro atoms. The van der Waals surface area contributed by atoms with Crippen molar-refractivity contribution in [1.29, 1.82) is 0 Å². The summed E-state index contributed by atoms with van der Waals surface area (Å²) in [5, 5.41) is 3.46. The number of sulfonamides is 1. The second-order valence-electron chi connectivity index (χ2n) is 11.9. The van der Waals surface area contributed by atoms with Gasteiger partial charge in [0, 0.05) is 28.0 Å². The lowest BCUT2D eigenvalue weighted by Gasteiger charge is -2.35. The summed E-state index contributed by atoms with van der Waals surface area (Å²) in [6.45, 7) is 7.03. The van der Waals surface area contributed by atoms with Crippen LogP contribution >= 0.6 is 27.5 Å². The molecule has 0 unspecified atom stereocenters. The molecule has 0 bridgehead atoms. The Morgan fingerprint density at radius 2 is 1.49 bits per heavy atom. The molecule has 0 saturated carbocycles. The number of nitrogens with one attached hydrogen (secondary N) is 1. The average Bonchev–Trinajstić information content (AvgIpc) is 2.98. The van der Waals surface area contributed by atoms with Crippen LogP contribution < -0.4 is 9.62 Å². The lowest BCUT2D eigenvalue weighted by molar-refractivity contribution is -0.140. The highest BCUT2D eigenvalue weighted by Gasteiger charge is 2.35. The minimum Gasteiger partial charge on any atom is -0.350 e. The first-order valence-electron chi connectivity index (χ1n) is 14.5. The molecule has 0 saturated heterocycles. The molecule has 45 heavy (non-hydrogen) atoms. The molecule has 4 aromatic rings. The van der Waals surface area contributed by atoms with Crippen molar-refractivity contribution < 1.29 is 18.0 Å². The zero-order chi connectivity index (χ0) is 32.8. The van der Waals surface area contributed by atoms with E-state index < -0.39 is 34.1 Å². The van der Waals surface area contributed by atoms with Gasteiger partial charge in [-0.3, -0.25) is 13.9 Å². The number of amides is 2. The monoisotopic (exact) mass is 709 g/mol. The number of halogens is 2. The molecule has 0 aliphatic rings. The third-order valence-corrected chi connectivity index (χ3v) is 9.55. The van der Waals surface area contributed by atoms with Crippen molar-refractivity contribution in [2.45, 2.75) is 57.1 Å². The minimum absolute atomic E-state index is 0.0423. The highest BCUT2D eigenvalue weighted by Crippen LogP contribution is 2.27. The number of carbonyl (C=O) groups excluding carboxylic acids is 2. The first-order valence-corrected chi connectivity index (χ1v) is 17.1. The van der Waals surface area contributed by atoms with E-state index in [0.717, 1.165) is 25.5 Å². The lowest BCUT2D eigenvalue weighted by atomic mass is 10.0. The van der Waals surface area contributed by atoms with Crippen LogP contribution in [0.25, 0.3) is 0 Å². The maximum Gasteiger partial charge on any atom is 0.264 e. The molecule has 0 fully saturated rings. The average molecular weight is 711 g/mol. The Balaban J connectivity index is 1.81. The summed E-state index contributed by atoms with van der Waals surface area (Å²) < 4.78 is 30.1. The summed E-state index contributed by atoms with van der Waals surface area (Å²) in [4.78, 5) is 30.0. The Hall–Kier alpha value is -3.66. The van der Waals surface area contributed by atoms with E-state index in [1.807, 2.05) is 82.3 Å². The first kappa shape index (κ1) is 34.2. The Labute approximate surface area is 279 Å². The zero-order valence-corrected chi connectivity index (χ0v) is 28.9. The highest BCUT2D eigenvalue weighted by molar-refractivity contribution is 9.10. The molecule has 4 aromatic carbocycles. The maximum absolute atomic E-state index is 14.5. The molecule has 4 rings (SSSR count). The van der Waals surface area contributed by atoms with Crippen LogP contribution in [0, 0.1) is 6.92 Å². The van der Waals surface area contributed by atoms with Gasteiger partial charge in [0.25, 0.3) is 10.0 Å². The molecule has 0 heterocycles. The van der Waals surface area contributed by atoms with Gasteiger partial charge >= 0.3 is 0 Å². The number of hydrogen-bond donors (Lipinski definition) is 1. The molecule has 236 valence electrons. The number of hydrogen-bond acceptors (Lipinski definition) is 4. The van der Waals surface area contributed by atoms with Crippen LogP contribution in [0.5, 0.6) is 0 Å². The van der Waals surface area contributed by atoms with E-state index in [0.29, 0.717) is 5.02 Å². The van der Waals surface area contributed by atoms with Gasteiger partial charge in [-0.15, -0.1) is 0 Å². The summed E-state index contributed by atoms with van der Waals surface area (Å²) >= 11 is 9.64. The molecule has 0 aliphatic carbocycles. The second-order valence-corrected chi connectivity index (χ2v) is 15.1. The molecule has 1 N–H and O–H groups in total. The van der Waals surface area contributed by atoms with Gasteiger partial charge < -0.3 is 10.2 Å². The number of benzene rings is 4. The van der Waals surface area contributed by atoms with E-state index in [2.05, 4.69) is 21.2 Å². The van der Waals surface area contributed by atoms with Gasteiger partial charge in [-0.1, -0.05) is 87.7 Å². The van der Waals surface area contributed by atoms with Crippen molar-refractivity contribution in [2.75, 3.05) is 10.8 Å². The summed E-state index contributed by atoms with van der Waals surface area (Å²) in [7, 11) is -4.19. The molecule has 2 amide bonds.